The van der Waals surface area contributed by atoms with Crippen molar-refractivity contribution in [1.29, 1.82) is 0 Å². The summed E-state index contributed by atoms with van der Waals surface area (Å²) < 4.78 is 0. The Bertz CT molecular complexity index is 439. The molecule has 1 spiro atoms. The number of carbonyl (C=O) groups excluding carboxylic acids is 1. The molecule has 3 rings (SSSR count). The van der Waals surface area contributed by atoms with Gasteiger partial charge in [0.2, 0.25) is 0 Å². The van der Waals surface area contributed by atoms with Crippen molar-refractivity contribution >= 4 is 18.3 Å². The van der Waals surface area contributed by atoms with E-state index in [9.17, 15) is 4.79 Å². The van der Waals surface area contributed by atoms with E-state index in [1.165, 1.54) is 6.42 Å². The third-order valence-corrected chi connectivity index (χ3v) is 4.12. The summed E-state index contributed by atoms with van der Waals surface area (Å²) in [6, 6.07) is 0. The second kappa shape index (κ2) is 4.90. The zero-order valence-electron chi connectivity index (χ0n) is 10.5. The minimum atomic E-state index is 0. The molecule has 0 aliphatic carbocycles. The van der Waals surface area contributed by atoms with Crippen molar-refractivity contribution < 1.29 is 4.79 Å². The Kier molecular flexibility index (Phi) is 3.64. The third kappa shape index (κ3) is 2.12. The van der Waals surface area contributed by atoms with Gasteiger partial charge in [-0.25, -0.2) is 0 Å². The maximum Gasteiger partial charge on any atom is 0.257 e. The first-order valence-corrected chi connectivity index (χ1v) is 6.20. The molecule has 1 aromatic rings. The van der Waals surface area contributed by atoms with E-state index in [1.807, 2.05) is 11.8 Å². The highest BCUT2D eigenvalue weighted by Crippen LogP contribution is 2.36. The molecule has 1 aromatic heterocycles. The van der Waals surface area contributed by atoms with Crippen molar-refractivity contribution in [2.24, 2.45) is 5.41 Å². The van der Waals surface area contributed by atoms with E-state index >= 15 is 0 Å². The van der Waals surface area contributed by atoms with Gasteiger partial charge < -0.3 is 10.2 Å². The van der Waals surface area contributed by atoms with Gasteiger partial charge >= 0.3 is 0 Å². The fourth-order valence-electron chi connectivity index (χ4n) is 2.99. The Morgan fingerprint density at radius 1 is 1.50 bits per heavy atom. The largest absolute Gasteiger partial charge is 0.338 e. The predicted molar refractivity (Wildman–Crippen MR) is 71.0 cm³/mol. The minimum Gasteiger partial charge on any atom is -0.338 e. The molecule has 18 heavy (non-hydrogen) atoms. The lowest BCUT2D eigenvalue weighted by Crippen LogP contribution is -2.33. The van der Waals surface area contributed by atoms with Gasteiger partial charge in [0.15, 0.2) is 0 Å². The smallest absolute Gasteiger partial charge is 0.257 e. The van der Waals surface area contributed by atoms with Crippen molar-refractivity contribution in [1.82, 2.24) is 20.4 Å². The Morgan fingerprint density at radius 2 is 2.33 bits per heavy atom. The number of halogens is 1. The molecule has 0 bridgehead atoms. The molecule has 0 saturated carbocycles. The summed E-state index contributed by atoms with van der Waals surface area (Å²) in [5.41, 5.74) is 1.92. The standard InChI is InChI=1S/C12H18N4O.ClH/c1-9-10(6-14-15-9)11(17)16-5-3-12(8-16)2-4-13-7-12;/h6,13H,2-5,7-8H2,1H3,(H,14,15);1H. The number of carbonyl (C=O) groups is 1. The third-order valence-electron chi connectivity index (χ3n) is 4.12. The van der Waals surface area contributed by atoms with E-state index in [0.29, 0.717) is 11.0 Å². The summed E-state index contributed by atoms with van der Waals surface area (Å²) in [6.07, 6.45) is 3.96. The number of amides is 1. The highest BCUT2D eigenvalue weighted by molar-refractivity contribution is 5.95. The Labute approximate surface area is 113 Å². The number of aryl methyl sites for hydroxylation is 1. The molecule has 2 aliphatic rings. The molecule has 2 fully saturated rings. The van der Waals surface area contributed by atoms with E-state index in [2.05, 4.69) is 15.5 Å². The summed E-state index contributed by atoms with van der Waals surface area (Å²) in [5.74, 6) is 0.125. The van der Waals surface area contributed by atoms with Crippen molar-refractivity contribution in [3.63, 3.8) is 0 Å². The van der Waals surface area contributed by atoms with Gasteiger partial charge in [0.05, 0.1) is 11.8 Å². The highest BCUT2D eigenvalue weighted by atomic mass is 35.5. The van der Waals surface area contributed by atoms with Crippen LogP contribution in [-0.2, 0) is 0 Å². The van der Waals surface area contributed by atoms with Gasteiger partial charge in [0.1, 0.15) is 0 Å². The first-order chi connectivity index (χ1) is 8.20. The normalized spacial score (nSPS) is 26.6. The summed E-state index contributed by atoms with van der Waals surface area (Å²) >= 11 is 0. The highest BCUT2D eigenvalue weighted by Gasteiger charge is 2.42. The molecule has 2 N–H and O–H groups in total. The van der Waals surface area contributed by atoms with Gasteiger partial charge in [0.25, 0.3) is 5.91 Å². The predicted octanol–water partition coefficient (Wildman–Crippen LogP) is 0.966. The number of aromatic amines is 1. The molecule has 3 heterocycles. The summed E-state index contributed by atoms with van der Waals surface area (Å²) in [5, 5.41) is 10.1. The Balaban J connectivity index is 0.00000120. The Hall–Kier alpha value is -1.07. The van der Waals surface area contributed by atoms with Crippen LogP contribution in [0.25, 0.3) is 0 Å². The average molecular weight is 271 g/mol. The number of aromatic nitrogens is 2. The monoisotopic (exact) mass is 270 g/mol. The number of nitrogens with one attached hydrogen (secondary N) is 2. The van der Waals surface area contributed by atoms with Crippen LogP contribution in [0.4, 0.5) is 0 Å². The average Bonchev–Trinajstić information content (AvgIpc) is 3.02. The van der Waals surface area contributed by atoms with E-state index in [-0.39, 0.29) is 18.3 Å². The molecule has 0 radical (unpaired) electrons. The number of nitrogens with zero attached hydrogens (tertiary/aromatic N) is 2. The van der Waals surface area contributed by atoms with Crippen LogP contribution in [0.15, 0.2) is 6.20 Å². The lowest BCUT2D eigenvalue weighted by Gasteiger charge is -2.22. The zero-order chi connectivity index (χ0) is 11.9. The van der Waals surface area contributed by atoms with Crippen LogP contribution < -0.4 is 5.32 Å². The van der Waals surface area contributed by atoms with Gasteiger partial charge in [-0.2, -0.15) is 5.10 Å². The Morgan fingerprint density at radius 3 is 2.94 bits per heavy atom. The lowest BCUT2D eigenvalue weighted by molar-refractivity contribution is 0.0775. The van der Waals surface area contributed by atoms with Gasteiger partial charge in [-0.1, -0.05) is 0 Å². The molecular weight excluding hydrogens is 252 g/mol. The van der Waals surface area contributed by atoms with Crippen molar-refractivity contribution in [2.45, 2.75) is 19.8 Å². The number of H-pyrrole nitrogens is 1. The molecule has 1 amide bonds. The van der Waals surface area contributed by atoms with E-state index in [1.54, 1.807) is 6.20 Å². The van der Waals surface area contributed by atoms with E-state index in [4.69, 9.17) is 0 Å². The first-order valence-electron chi connectivity index (χ1n) is 6.20. The van der Waals surface area contributed by atoms with Crippen molar-refractivity contribution in [3.05, 3.63) is 17.5 Å². The second-order valence-corrected chi connectivity index (χ2v) is 5.31. The fraction of sp³-hybridized carbons (Fsp3) is 0.667. The van der Waals surface area contributed by atoms with E-state index in [0.717, 1.165) is 38.3 Å². The van der Waals surface area contributed by atoms with Crippen LogP contribution in [0.3, 0.4) is 0 Å². The quantitative estimate of drug-likeness (QED) is 0.799. The molecule has 1 atom stereocenters. The van der Waals surface area contributed by atoms with Gasteiger partial charge in [-0.3, -0.25) is 9.89 Å². The van der Waals surface area contributed by atoms with Gasteiger partial charge in [0, 0.05) is 30.7 Å². The van der Waals surface area contributed by atoms with E-state index < -0.39 is 0 Å². The number of likely N-dealkylation sites (tertiary alicyclic amines) is 1. The maximum absolute atomic E-state index is 12.3. The summed E-state index contributed by atoms with van der Waals surface area (Å²) in [7, 11) is 0. The summed E-state index contributed by atoms with van der Waals surface area (Å²) in [4.78, 5) is 14.3. The van der Waals surface area contributed by atoms with Crippen molar-refractivity contribution in [2.75, 3.05) is 26.2 Å². The number of hydrogen-bond acceptors (Lipinski definition) is 3. The van der Waals surface area contributed by atoms with Crippen LogP contribution >= 0.6 is 12.4 Å². The molecule has 2 aliphatic heterocycles. The molecule has 0 aromatic carbocycles. The van der Waals surface area contributed by atoms with Crippen LogP contribution in [0, 0.1) is 12.3 Å². The number of hydrogen-bond donors (Lipinski definition) is 2. The van der Waals surface area contributed by atoms with Crippen LogP contribution in [-0.4, -0.2) is 47.2 Å². The zero-order valence-corrected chi connectivity index (χ0v) is 11.3. The summed E-state index contributed by atoms with van der Waals surface area (Å²) in [6.45, 7) is 5.81. The van der Waals surface area contributed by atoms with Crippen LogP contribution in [0.5, 0.6) is 0 Å². The lowest BCUT2D eigenvalue weighted by atomic mass is 9.86. The van der Waals surface area contributed by atoms with Crippen LogP contribution in [0.1, 0.15) is 28.9 Å². The second-order valence-electron chi connectivity index (χ2n) is 5.31. The van der Waals surface area contributed by atoms with Crippen LogP contribution in [0.2, 0.25) is 0 Å². The minimum absolute atomic E-state index is 0. The molecular formula is C12H19ClN4O. The maximum atomic E-state index is 12.3. The van der Waals surface area contributed by atoms with Gasteiger partial charge in [-0.05, 0) is 26.3 Å². The number of rotatable bonds is 1. The molecule has 5 nitrogen and oxygen atoms in total. The topological polar surface area (TPSA) is 61.0 Å². The molecule has 6 heteroatoms. The van der Waals surface area contributed by atoms with Gasteiger partial charge in [-0.15, -0.1) is 12.4 Å². The molecule has 1 unspecified atom stereocenters. The fourth-order valence-corrected chi connectivity index (χ4v) is 2.99. The van der Waals surface area contributed by atoms with Crippen molar-refractivity contribution in [3.8, 4) is 0 Å². The molecule has 100 valence electrons. The first kappa shape index (κ1) is 13.4. The SMILES string of the molecule is Cc1[nH]ncc1C(=O)N1CCC2(CCNC2)C1.Cl. The molecule has 2 saturated heterocycles.